The van der Waals surface area contributed by atoms with Gasteiger partial charge in [-0.15, -0.1) is 0 Å². The summed E-state index contributed by atoms with van der Waals surface area (Å²) in [7, 11) is 0. The van der Waals surface area contributed by atoms with E-state index in [1.807, 2.05) is 25.1 Å². The van der Waals surface area contributed by atoms with Gasteiger partial charge in [-0.1, -0.05) is 12.1 Å². The highest BCUT2D eigenvalue weighted by atomic mass is 16.5. The van der Waals surface area contributed by atoms with Gasteiger partial charge in [0.2, 0.25) is 5.91 Å². The van der Waals surface area contributed by atoms with Gasteiger partial charge in [0, 0.05) is 36.4 Å². The number of pyridine rings is 1. The van der Waals surface area contributed by atoms with E-state index in [9.17, 15) is 9.59 Å². The molecule has 1 unspecified atom stereocenters. The molecule has 1 saturated heterocycles. The normalized spacial score (nSPS) is 18.7. The van der Waals surface area contributed by atoms with Crippen LogP contribution in [0, 0.1) is 0 Å². The number of amides is 2. The Morgan fingerprint density at radius 1 is 1.33 bits per heavy atom. The molecule has 2 amide bonds. The molecule has 0 aliphatic carbocycles. The van der Waals surface area contributed by atoms with E-state index in [0.717, 1.165) is 11.1 Å². The van der Waals surface area contributed by atoms with Crippen molar-refractivity contribution in [2.24, 2.45) is 5.73 Å². The Morgan fingerprint density at radius 3 is 2.93 bits per heavy atom. The van der Waals surface area contributed by atoms with E-state index in [4.69, 9.17) is 15.2 Å². The SMILES string of the molecule is CCOc1ccc2c(c1)OC(N)=C1C(=O)N(Cc3cccnc3)C(=O)CC12. The average Bonchev–Trinajstić information content (AvgIpc) is 2.65. The lowest BCUT2D eigenvalue weighted by atomic mass is 9.82. The Morgan fingerprint density at radius 2 is 2.19 bits per heavy atom. The third-order valence-corrected chi connectivity index (χ3v) is 4.72. The largest absolute Gasteiger partial charge is 0.494 e. The zero-order chi connectivity index (χ0) is 19.0. The maximum atomic E-state index is 13.0. The number of likely N-dealkylation sites (tertiary alicyclic amines) is 1. The van der Waals surface area contributed by atoms with Crippen molar-refractivity contribution in [1.82, 2.24) is 9.88 Å². The number of fused-ring (bicyclic) bond motifs is 3. The summed E-state index contributed by atoms with van der Waals surface area (Å²) < 4.78 is 11.2. The topological polar surface area (TPSA) is 94.8 Å². The highest BCUT2D eigenvalue weighted by molar-refractivity contribution is 6.09. The monoisotopic (exact) mass is 365 g/mol. The van der Waals surface area contributed by atoms with Gasteiger partial charge in [0.1, 0.15) is 11.5 Å². The molecule has 27 heavy (non-hydrogen) atoms. The Kier molecular flexibility index (Phi) is 4.27. The van der Waals surface area contributed by atoms with Crippen molar-refractivity contribution >= 4 is 11.8 Å². The van der Waals surface area contributed by atoms with Gasteiger partial charge in [-0.05, 0) is 24.6 Å². The Labute approximate surface area is 156 Å². The van der Waals surface area contributed by atoms with Gasteiger partial charge in [-0.25, -0.2) is 0 Å². The number of piperidine rings is 1. The predicted octanol–water partition coefficient (Wildman–Crippen LogP) is 2.09. The van der Waals surface area contributed by atoms with E-state index in [1.165, 1.54) is 4.90 Å². The van der Waals surface area contributed by atoms with Crippen LogP contribution in [0.3, 0.4) is 0 Å². The van der Waals surface area contributed by atoms with Crippen LogP contribution in [-0.4, -0.2) is 28.3 Å². The molecule has 1 atom stereocenters. The first kappa shape index (κ1) is 17.1. The van der Waals surface area contributed by atoms with E-state index in [2.05, 4.69) is 4.98 Å². The van der Waals surface area contributed by atoms with Crippen molar-refractivity contribution in [3.05, 3.63) is 65.3 Å². The van der Waals surface area contributed by atoms with Crippen molar-refractivity contribution in [3.8, 4) is 11.5 Å². The van der Waals surface area contributed by atoms with Crippen LogP contribution in [0.1, 0.15) is 30.4 Å². The van der Waals surface area contributed by atoms with Crippen molar-refractivity contribution < 1.29 is 19.1 Å². The third-order valence-electron chi connectivity index (χ3n) is 4.72. The number of imide groups is 1. The molecule has 2 N–H and O–H groups in total. The fourth-order valence-electron chi connectivity index (χ4n) is 3.49. The number of carbonyl (C=O) groups is 2. The summed E-state index contributed by atoms with van der Waals surface area (Å²) in [6.07, 6.45) is 3.43. The second-order valence-electron chi connectivity index (χ2n) is 6.42. The summed E-state index contributed by atoms with van der Waals surface area (Å²) in [5.74, 6) is 0.140. The van der Waals surface area contributed by atoms with Gasteiger partial charge in [0.05, 0.1) is 18.7 Å². The summed E-state index contributed by atoms with van der Waals surface area (Å²) in [4.78, 5) is 30.9. The number of rotatable bonds is 4. The number of hydrogen-bond acceptors (Lipinski definition) is 6. The molecule has 1 aromatic heterocycles. The van der Waals surface area contributed by atoms with Crippen LogP contribution in [0.2, 0.25) is 0 Å². The van der Waals surface area contributed by atoms with Gasteiger partial charge in [0.15, 0.2) is 5.88 Å². The minimum atomic E-state index is -0.419. The lowest BCUT2D eigenvalue weighted by Gasteiger charge is -2.36. The van der Waals surface area contributed by atoms with Gasteiger partial charge in [0.25, 0.3) is 5.91 Å². The van der Waals surface area contributed by atoms with Crippen LogP contribution in [0.25, 0.3) is 0 Å². The van der Waals surface area contributed by atoms with Crippen LogP contribution in [0.4, 0.5) is 0 Å². The molecule has 4 rings (SSSR count). The minimum Gasteiger partial charge on any atom is -0.494 e. The van der Waals surface area contributed by atoms with E-state index in [-0.39, 0.29) is 24.8 Å². The van der Waals surface area contributed by atoms with E-state index in [1.54, 1.807) is 24.5 Å². The molecule has 0 bridgehead atoms. The Balaban J connectivity index is 1.67. The third kappa shape index (κ3) is 3.01. The summed E-state index contributed by atoms with van der Waals surface area (Å²) in [5, 5.41) is 0. The molecular formula is C20H19N3O4. The smallest absolute Gasteiger partial charge is 0.262 e. The number of aromatic nitrogens is 1. The van der Waals surface area contributed by atoms with Crippen molar-refractivity contribution in [2.75, 3.05) is 6.61 Å². The molecule has 2 aromatic rings. The first-order valence-corrected chi connectivity index (χ1v) is 8.76. The molecule has 7 nitrogen and oxygen atoms in total. The molecular weight excluding hydrogens is 346 g/mol. The molecule has 138 valence electrons. The Bertz CT molecular complexity index is 939. The fraction of sp³-hybridized carbons (Fsp3) is 0.250. The second-order valence-corrected chi connectivity index (χ2v) is 6.42. The highest BCUT2D eigenvalue weighted by Gasteiger charge is 2.43. The molecule has 0 radical (unpaired) electrons. The van der Waals surface area contributed by atoms with Crippen molar-refractivity contribution in [2.45, 2.75) is 25.8 Å². The number of carbonyl (C=O) groups excluding carboxylic acids is 2. The predicted molar refractivity (Wildman–Crippen MR) is 96.6 cm³/mol. The van der Waals surface area contributed by atoms with Crippen LogP contribution in [0.5, 0.6) is 11.5 Å². The van der Waals surface area contributed by atoms with Crippen LogP contribution < -0.4 is 15.2 Å². The van der Waals surface area contributed by atoms with Gasteiger partial charge in [-0.3, -0.25) is 19.5 Å². The maximum Gasteiger partial charge on any atom is 0.262 e. The number of nitrogens with two attached hydrogens (primary N) is 1. The van der Waals surface area contributed by atoms with Gasteiger partial charge in [-0.2, -0.15) is 0 Å². The standard InChI is InChI=1S/C20H19N3O4/c1-2-26-13-5-6-14-15-9-17(24)23(11-12-4-3-7-22-10-12)20(25)18(15)19(21)27-16(14)8-13/h3-8,10,15H,2,9,11,21H2,1H3. The maximum absolute atomic E-state index is 13.0. The Hall–Kier alpha value is -3.35. The highest BCUT2D eigenvalue weighted by Crippen LogP contribution is 2.44. The molecule has 1 fully saturated rings. The van der Waals surface area contributed by atoms with Gasteiger partial charge >= 0.3 is 0 Å². The minimum absolute atomic E-state index is 0.0369. The summed E-state index contributed by atoms with van der Waals surface area (Å²) in [6, 6.07) is 8.95. The molecule has 0 spiro atoms. The first-order valence-electron chi connectivity index (χ1n) is 8.76. The first-order chi connectivity index (χ1) is 13.1. The number of benzene rings is 1. The van der Waals surface area contributed by atoms with E-state index < -0.39 is 11.8 Å². The molecule has 2 aliphatic heterocycles. The molecule has 2 aliphatic rings. The van der Waals surface area contributed by atoms with Crippen molar-refractivity contribution in [3.63, 3.8) is 0 Å². The van der Waals surface area contributed by atoms with E-state index >= 15 is 0 Å². The average molecular weight is 365 g/mol. The molecule has 1 aromatic carbocycles. The lowest BCUT2D eigenvalue weighted by Crippen LogP contribution is -2.46. The summed E-state index contributed by atoms with van der Waals surface area (Å²) >= 11 is 0. The molecule has 7 heteroatoms. The summed E-state index contributed by atoms with van der Waals surface area (Å²) in [6.45, 7) is 2.58. The molecule has 0 saturated carbocycles. The second kappa shape index (κ2) is 6.75. The van der Waals surface area contributed by atoms with Crippen LogP contribution in [-0.2, 0) is 16.1 Å². The number of nitrogens with zero attached hydrogens (tertiary/aromatic N) is 2. The van der Waals surface area contributed by atoms with Crippen LogP contribution in [0.15, 0.2) is 54.2 Å². The fourth-order valence-corrected chi connectivity index (χ4v) is 3.49. The van der Waals surface area contributed by atoms with Gasteiger partial charge < -0.3 is 15.2 Å². The zero-order valence-corrected chi connectivity index (χ0v) is 14.8. The number of hydrogen-bond donors (Lipinski definition) is 1. The zero-order valence-electron chi connectivity index (χ0n) is 14.8. The summed E-state index contributed by atoms with van der Waals surface area (Å²) in [5.41, 5.74) is 7.94. The van der Waals surface area contributed by atoms with Crippen LogP contribution >= 0.6 is 0 Å². The molecule has 3 heterocycles. The van der Waals surface area contributed by atoms with Crippen molar-refractivity contribution in [1.29, 1.82) is 0 Å². The number of ether oxygens (including phenoxy) is 2. The van der Waals surface area contributed by atoms with E-state index in [0.29, 0.717) is 23.7 Å². The lowest BCUT2D eigenvalue weighted by molar-refractivity contribution is -0.146. The quantitative estimate of drug-likeness (QED) is 0.834.